The molecule has 0 bridgehead atoms. The quantitative estimate of drug-likeness (QED) is 0.536. The van der Waals surface area contributed by atoms with Crippen LogP contribution in [0.3, 0.4) is 0 Å². The van der Waals surface area contributed by atoms with Gasteiger partial charge in [-0.2, -0.15) is 13.2 Å². The van der Waals surface area contributed by atoms with Crippen molar-refractivity contribution >= 4 is 38.9 Å². The minimum atomic E-state index is -4.60. The summed E-state index contributed by atoms with van der Waals surface area (Å²) in [6, 6.07) is 3.63. The number of pyridine rings is 1. The third kappa shape index (κ3) is 3.74. The maximum absolute atomic E-state index is 13.3. The number of hydrogen-bond acceptors (Lipinski definition) is 3. The first-order valence-corrected chi connectivity index (χ1v) is 10.7. The summed E-state index contributed by atoms with van der Waals surface area (Å²) in [5.41, 5.74) is 0.132. The van der Waals surface area contributed by atoms with Gasteiger partial charge >= 0.3 is 6.18 Å². The summed E-state index contributed by atoms with van der Waals surface area (Å²) < 4.78 is 41.9. The molecule has 4 nitrogen and oxygen atoms in total. The Morgan fingerprint density at radius 3 is 2.60 bits per heavy atom. The molecule has 1 aliphatic rings. The largest absolute Gasteiger partial charge is 0.417 e. The highest BCUT2D eigenvalue weighted by Gasteiger charge is 2.33. The van der Waals surface area contributed by atoms with Crippen molar-refractivity contribution in [1.29, 1.82) is 0 Å². The van der Waals surface area contributed by atoms with E-state index in [4.69, 9.17) is 11.6 Å². The minimum absolute atomic E-state index is 0.0840. The first-order chi connectivity index (χ1) is 14.2. The van der Waals surface area contributed by atoms with Crippen LogP contribution in [0.25, 0.3) is 21.2 Å². The molecule has 0 saturated carbocycles. The molecule has 1 saturated heterocycles. The molecule has 3 aromatic rings. The van der Waals surface area contributed by atoms with E-state index < -0.39 is 16.8 Å². The second kappa shape index (κ2) is 7.74. The molecule has 30 heavy (non-hydrogen) atoms. The lowest BCUT2D eigenvalue weighted by molar-refractivity contribution is -0.137. The fraction of sp³-hybridized carbons (Fsp3) is 0.333. The molecule has 158 valence electrons. The molecule has 0 atom stereocenters. The zero-order chi connectivity index (χ0) is 21.6. The van der Waals surface area contributed by atoms with E-state index in [1.165, 1.54) is 28.0 Å². The van der Waals surface area contributed by atoms with Crippen LogP contribution in [0.5, 0.6) is 0 Å². The van der Waals surface area contributed by atoms with E-state index in [0.717, 1.165) is 24.5 Å². The van der Waals surface area contributed by atoms with Crippen molar-refractivity contribution in [3.63, 3.8) is 0 Å². The number of aromatic nitrogens is 1. The Bertz CT molecular complexity index is 1190. The molecule has 0 spiro atoms. The predicted molar refractivity (Wildman–Crippen MR) is 112 cm³/mol. The number of likely N-dealkylation sites (tertiary alicyclic amines) is 1. The van der Waals surface area contributed by atoms with Crippen LogP contribution < -0.4 is 5.56 Å². The zero-order valence-corrected chi connectivity index (χ0v) is 17.6. The molecule has 1 aliphatic heterocycles. The van der Waals surface area contributed by atoms with Gasteiger partial charge in [-0.1, -0.05) is 17.7 Å². The molecule has 0 unspecified atom stereocenters. The van der Waals surface area contributed by atoms with Crippen molar-refractivity contribution in [2.45, 2.75) is 32.5 Å². The van der Waals surface area contributed by atoms with Crippen LogP contribution in [0.15, 0.2) is 34.6 Å². The maximum Gasteiger partial charge on any atom is 0.417 e. The Morgan fingerprint density at radius 1 is 1.23 bits per heavy atom. The standard InChI is InChI=1S/C21H18ClF3N2O2S/c1-12-9-27(10-17(28)26-6-2-3-7-26)20(29)18-14(11-30-19(12)18)13-4-5-16(22)15(8-13)21(23,24)25/h4-5,8-9,11H,2-3,6-7,10H2,1H3. The lowest BCUT2D eigenvalue weighted by Gasteiger charge is -2.16. The van der Waals surface area contributed by atoms with E-state index in [2.05, 4.69) is 0 Å². The minimum Gasteiger partial charge on any atom is -0.341 e. The van der Waals surface area contributed by atoms with E-state index in [1.54, 1.807) is 16.5 Å². The number of alkyl halides is 3. The van der Waals surface area contributed by atoms with Crippen molar-refractivity contribution < 1.29 is 18.0 Å². The van der Waals surface area contributed by atoms with Crippen LogP contribution in [0.4, 0.5) is 13.2 Å². The number of amides is 1. The molecule has 4 rings (SSSR count). The molecule has 2 aromatic heterocycles. The Hall–Kier alpha value is -2.32. The number of carbonyl (C=O) groups is 1. The number of hydrogen-bond donors (Lipinski definition) is 0. The second-order valence-electron chi connectivity index (χ2n) is 7.38. The predicted octanol–water partition coefficient (Wildman–Crippen LogP) is 5.33. The van der Waals surface area contributed by atoms with Gasteiger partial charge in [0.15, 0.2) is 0 Å². The molecular formula is C21H18ClF3N2O2S. The van der Waals surface area contributed by atoms with Gasteiger partial charge in [0.05, 0.1) is 16.0 Å². The van der Waals surface area contributed by atoms with E-state index in [0.29, 0.717) is 28.7 Å². The van der Waals surface area contributed by atoms with Gasteiger partial charge < -0.3 is 9.47 Å². The van der Waals surface area contributed by atoms with Crippen LogP contribution in [0, 0.1) is 6.92 Å². The lowest BCUT2D eigenvalue weighted by Crippen LogP contribution is -2.34. The molecule has 0 radical (unpaired) electrons. The summed E-state index contributed by atoms with van der Waals surface area (Å²) in [4.78, 5) is 27.4. The number of carbonyl (C=O) groups excluding carboxylic acids is 1. The molecule has 3 heterocycles. The van der Waals surface area contributed by atoms with Gasteiger partial charge in [0.2, 0.25) is 5.91 Å². The van der Waals surface area contributed by atoms with Crippen molar-refractivity contribution in [3.05, 3.63) is 56.3 Å². The zero-order valence-electron chi connectivity index (χ0n) is 16.1. The average molecular weight is 455 g/mol. The second-order valence-corrected chi connectivity index (χ2v) is 8.67. The summed E-state index contributed by atoms with van der Waals surface area (Å²) in [7, 11) is 0. The molecular weight excluding hydrogens is 437 g/mol. The van der Waals surface area contributed by atoms with Crippen LogP contribution in [0.2, 0.25) is 5.02 Å². The third-order valence-electron chi connectivity index (χ3n) is 5.32. The van der Waals surface area contributed by atoms with E-state index in [-0.39, 0.29) is 23.6 Å². The number of aryl methyl sites for hydroxylation is 1. The first-order valence-electron chi connectivity index (χ1n) is 9.43. The van der Waals surface area contributed by atoms with Gasteiger partial charge in [-0.05, 0) is 43.0 Å². The van der Waals surface area contributed by atoms with Crippen molar-refractivity contribution in [2.75, 3.05) is 13.1 Å². The normalized spacial score (nSPS) is 14.6. The van der Waals surface area contributed by atoms with Crippen molar-refractivity contribution in [1.82, 2.24) is 9.47 Å². The summed E-state index contributed by atoms with van der Waals surface area (Å²) in [5.74, 6) is -0.129. The van der Waals surface area contributed by atoms with Crippen LogP contribution in [-0.4, -0.2) is 28.5 Å². The van der Waals surface area contributed by atoms with Crippen LogP contribution in [0.1, 0.15) is 24.0 Å². The number of benzene rings is 1. The Labute approximate surface area is 179 Å². The molecule has 1 fully saturated rings. The van der Waals surface area contributed by atoms with E-state index in [1.807, 2.05) is 6.92 Å². The van der Waals surface area contributed by atoms with Gasteiger partial charge in [-0.3, -0.25) is 9.59 Å². The number of halogens is 4. The third-order valence-corrected chi connectivity index (χ3v) is 6.77. The molecule has 9 heteroatoms. The van der Waals surface area contributed by atoms with Gasteiger partial charge in [-0.25, -0.2) is 0 Å². The molecule has 1 aromatic carbocycles. The van der Waals surface area contributed by atoms with Crippen molar-refractivity contribution in [3.8, 4) is 11.1 Å². The van der Waals surface area contributed by atoms with Gasteiger partial charge in [0, 0.05) is 34.9 Å². The van der Waals surface area contributed by atoms with Gasteiger partial charge in [-0.15, -0.1) is 11.3 Å². The SMILES string of the molecule is Cc1cn(CC(=O)N2CCCC2)c(=O)c2c(-c3ccc(Cl)c(C(F)(F)F)c3)csc12. The average Bonchev–Trinajstić information content (AvgIpc) is 3.35. The maximum atomic E-state index is 13.3. The summed E-state index contributed by atoms with van der Waals surface area (Å²) in [6.07, 6.45) is -1.06. The Balaban J connectivity index is 1.82. The number of fused-ring (bicyclic) bond motifs is 1. The Kier molecular flexibility index (Phi) is 5.40. The number of rotatable bonds is 3. The van der Waals surface area contributed by atoms with Crippen LogP contribution in [-0.2, 0) is 17.5 Å². The summed E-state index contributed by atoms with van der Waals surface area (Å²) >= 11 is 7.03. The topological polar surface area (TPSA) is 42.3 Å². The monoisotopic (exact) mass is 454 g/mol. The molecule has 0 aliphatic carbocycles. The number of nitrogens with zero attached hydrogens (tertiary/aromatic N) is 2. The first kappa shape index (κ1) is 20.9. The highest BCUT2D eigenvalue weighted by Crippen LogP contribution is 2.40. The Morgan fingerprint density at radius 2 is 1.93 bits per heavy atom. The van der Waals surface area contributed by atoms with Gasteiger partial charge in [0.1, 0.15) is 6.54 Å². The van der Waals surface area contributed by atoms with Crippen molar-refractivity contribution in [2.24, 2.45) is 0 Å². The highest BCUT2D eigenvalue weighted by molar-refractivity contribution is 7.18. The fourth-order valence-corrected chi connectivity index (χ4v) is 5.08. The van der Waals surface area contributed by atoms with Crippen LogP contribution >= 0.6 is 22.9 Å². The lowest BCUT2D eigenvalue weighted by atomic mass is 10.0. The smallest absolute Gasteiger partial charge is 0.341 e. The fourth-order valence-electron chi connectivity index (χ4n) is 3.81. The number of thiophene rings is 1. The van der Waals surface area contributed by atoms with Gasteiger partial charge in [0.25, 0.3) is 5.56 Å². The highest BCUT2D eigenvalue weighted by atomic mass is 35.5. The summed E-state index contributed by atoms with van der Waals surface area (Å²) in [5, 5.41) is 1.61. The molecule has 0 N–H and O–H groups in total. The van der Waals surface area contributed by atoms with E-state index in [9.17, 15) is 22.8 Å². The molecule has 1 amide bonds. The summed E-state index contributed by atoms with van der Waals surface area (Å²) in [6.45, 7) is 3.11. The van der Waals surface area contributed by atoms with E-state index >= 15 is 0 Å².